The van der Waals surface area contributed by atoms with Crippen LogP contribution in [-0.2, 0) is 19.1 Å². The van der Waals surface area contributed by atoms with E-state index in [1.165, 1.54) is 17.0 Å². The second-order valence-electron chi connectivity index (χ2n) is 7.50. The van der Waals surface area contributed by atoms with Crippen LogP contribution in [0, 0.1) is 0 Å². The van der Waals surface area contributed by atoms with Gasteiger partial charge in [-0.2, -0.15) is 0 Å². The first-order chi connectivity index (χ1) is 16.2. The van der Waals surface area contributed by atoms with Crippen molar-refractivity contribution in [2.45, 2.75) is 44.4 Å². The molecule has 0 spiro atoms. The SMILES string of the molecule is CCOP(=O)(O)C(=O)N(CC)CCCCCCNS(=O)(=O)c1ccc(Oc2ccccc2)cc1. The predicted molar refractivity (Wildman–Crippen MR) is 131 cm³/mol. The van der Waals surface area contributed by atoms with Crippen molar-refractivity contribution in [3.63, 3.8) is 0 Å². The average Bonchev–Trinajstić information content (AvgIpc) is 2.81. The minimum atomic E-state index is -4.29. The first-order valence-corrected chi connectivity index (χ1v) is 14.3. The second-order valence-corrected chi connectivity index (χ2v) is 10.9. The molecular weight excluding hydrogens is 479 g/mol. The number of para-hydroxylation sites is 1. The van der Waals surface area contributed by atoms with E-state index >= 15 is 0 Å². The van der Waals surface area contributed by atoms with Crippen molar-refractivity contribution in [3.8, 4) is 11.5 Å². The Kier molecular flexibility index (Phi) is 11.2. The molecule has 9 nitrogen and oxygen atoms in total. The molecule has 0 saturated carbocycles. The number of nitrogens with zero attached hydrogens (tertiary/aromatic N) is 1. The molecule has 1 atom stereocenters. The molecule has 0 aromatic heterocycles. The van der Waals surface area contributed by atoms with Gasteiger partial charge in [0, 0.05) is 19.6 Å². The summed E-state index contributed by atoms with van der Waals surface area (Å²) in [5.41, 5.74) is -0.884. The van der Waals surface area contributed by atoms with Crippen LogP contribution in [0.15, 0.2) is 59.5 Å². The molecule has 2 N–H and O–H groups in total. The van der Waals surface area contributed by atoms with Crippen molar-refractivity contribution in [2.24, 2.45) is 0 Å². The lowest BCUT2D eigenvalue weighted by Crippen LogP contribution is -2.31. The Balaban J connectivity index is 1.71. The molecule has 1 amide bonds. The maximum Gasteiger partial charge on any atom is 0.415 e. The van der Waals surface area contributed by atoms with E-state index in [-0.39, 0.29) is 18.0 Å². The highest BCUT2D eigenvalue weighted by Crippen LogP contribution is 2.44. The maximum absolute atomic E-state index is 12.5. The van der Waals surface area contributed by atoms with E-state index in [9.17, 15) is 22.7 Å². The number of carbonyl (C=O) groups excluding carboxylic acids is 1. The molecule has 0 aliphatic rings. The van der Waals surface area contributed by atoms with E-state index < -0.39 is 23.3 Å². The molecule has 0 aliphatic heterocycles. The molecule has 0 radical (unpaired) electrons. The molecule has 188 valence electrons. The number of amides is 1. The fraction of sp³-hybridized carbons (Fsp3) is 0.435. The van der Waals surface area contributed by atoms with Gasteiger partial charge in [-0.15, -0.1) is 0 Å². The summed E-state index contributed by atoms with van der Waals surface area (Å²) in [6.45, 7) is 4.21. The van der Waals surface area contributed by atoms with Gasteiger partial charge in [-0.05, 0) is 63.1 Å². The molecule has 1 unspecified atom stereocenters. The number of sulfonamides is 1. The lowest BCUT2D eigenvalue weighted by atomic mass is 10.2. The zero-order chi connectivity index (χ0) is 25.0. The van der Waals surface area contributed by atoms with Crippen LogP contribution in [0.4, 0.5) is 4.79 Å². The summed E-state index contributed by atoms with van der Waals surface area (Å²) in [6, 6.07) is 15.4. The summed E-state index contributed by atoms with van der Waals surface area (Å²) in [5, 5.41) is 0. The van der Waals surface area contributed by atoms with Crippen LogP contribution in [0.5, 0.6) is 11.5 Å². The summed E-state index contributed by atoms with van der Waals surface area (Å²) in [4.78, 5) is 23.3. The number of benzene rings is 2. The van der Waals surface area contributed by atoms with Gasteiger partial charge in [0.15, 0.2) is 0 Å². The zero-order valence-corrected chi connectivity index (χ0v) is 21.3. The Morgan fingerprint density at radius 3 is 2.21 bits per heavy atom. The van der Waals surface area contributed by atoms with Crippen molar-refractivity contribution >= 4 is 23.3 Å². The first kappa shape index (κ1) is 28.0. The molecular formula is C23H33N2O7PS. The van der Waals surface area contributed by atoms with Crippen LogP contribution in [-0.4, -0.2) is 50.1 Å². The van der Waals surface area contributed by atoms with Gasteiger partial charge in [0.2, 0.25) is 10.0 Å². The summed E-state index contributed by atoms with van der Waals surface area (Å²) >= 11 is 0. The lowest BCUT2D eigenvalue weighted by Gasteiger charge is -2.22. The Morgan fingerprint density at radius 2 is 1.59 bits per heavy atom. The summed E-state index contributed by atoms with van der Waals surface area (Å²) in [6.07, 6.45) is 2.77. The number of hydrogen-bond acceptors (Lipinski definition) is 6. The van der Waals surface area contributed by atoms with E-state index in [4.69, 9.17) is 4.74 Å². The average molecular weight is 513 g/mol. The van der Waals surface area contributed by atoms with E-state index in [0.717, 1.165) is 12.8 Å². The van der Waals surface area contributed by atoms with E-state index in [2.05, 4.69) is 9.25 Å². The van der Waals surface area contributed by atoms with Gasteiger partial charge < -0.3 is 19.1 Å². The van der Waals surface area contributed by atoms with Crippen molar-refractivity contribution < 1.29 is 31.9 Å². The third-order valence-corrected chi connectivity index (χ3v) is 7.81. The minimum absolute atomic E-state index is 0.0153. The molecule has 34 heavy (non-hydrogen) atoms. The van der Waals surface area contributed by atoms with Gasteiger partial charge in [0.1, 0.15) is 11.5 Å². The molecule has 0 aliphatic carbocycles. The standard InChI is InChI=1S/C23H33N2O7PS/c1-3-25(23(26)33(27,28)31-4-2)19-11-6-5-10-18-24-34(29,30)22-16-14-21(15-17-22)32-20-12-8-7-9-13-20/h7-9,12-17,24H,3-6,10-11,18-19H2,1-2H3,(H,27,28). The van der Waals surface area contributed by atoms with Crippen molar-refractivity contribution in [1.82, 2.24) is 9.62 Å². The van der Waals surface area contributed by atoms with Crippen LogP contribution in [0.25, 0.3) is 0 Å². The Hall–Kier alpha value is -2.23. The number of unbranched alkanes of at least 4 members (excludes halogenated alkanes) is 3. The Morgan fingerprint density at radius 1 is 0.971 bits per heavy atom. The van der Waals surface area contributed by atoms with Gasteiger partial charge in [-0.1, -0.05) is 31.0 Å². The van der Waals surface area contributed by atoms with Crippen LogP contribution in [0.1, 0.15) is 39.5 Å². The number of hydrogen-bond donors (Lipinski definition) is 2. The highest BCUT2D eigenvalue weighted by atomic mass is 32.2. The van der Waals surface area contributed by atoms with Crippen LogP contribution in [0.2, 0.25) is 0 Å². The van der Waals surface area contributed by atoms with E-state index in [0.29, 0.717) is 37.4 Å². The second kappa shape index (κ2) is 13.6. The van der Waals surface area contributed by atoms with E-state index in [1.54, 1.807) is 26.0 Å². The highest BCUT2D eigenvalue weighted by molar-refractivity contribution is 7.89. The van der Waals surface area contributed by atoms with Crippen molar-refractivity contribution in [3.05, 3.63) is 54.6 Å². The summed E-state index contributed by atoms with van der Waals surface area (Å²) < 4.78 is 49.8. The topological polar surface area (TPSA) is 122 Å². The predicted octanol–water partition coefficient (Wildman–Crippen LogP) is 4.98. The summed E-state index contributed by atoms with van der Waals surface area (Å²) in [5.74, 6) is 1.21. The molecule has 2 rings (SSSR count). The smallest absolute Gasteiger partial charge is 0.415 e. The number of rotatable bonds is 15. The Labute approximate surface area is 201 Å². The third kappa shape index (κ3) is 8.85. The minimum Gasteiger partial charge on any atom is -0.457 e. The van der Waals surface area contributed by atoms with Crippen LogP contribution < -0.4 is 9.46 Å². The van der Waals surface area contributed by atoms with Crippen molar-refractivity contribution in [1.29, 1.82) is 0 Å². The highest BCUT2D eigenvalue weighted by Gasteiger charge is 2.34. The zero-order valence-electron chi connectivity index (χ0n) is 19.6. The molecule has 2 aromatic rings. The quantitative estimate of drug-likeness (QED) is 0.255. The van der Waals surface area contributed by atoms with E-state index in [1.807, 2.05) is 30.3 Å². The third-order valence-electron chi connectivity index (χ3n) is 4.96. The molecule has 2 aromatic carbocycles. The summed E-state index contributed by atoms with van der Waals surface area (Å²) in [7, 11) is -7.91. The van der Waals surface area contributed by atoms with Crippen LogP contribution >= 0.6 is 7.60 Å². The molecule has 0 bridgehead atoms. The number of nitrogens with one attached hydrogen (secondary N) is 1. The fourth-order valence-corrected chi connectivity index (χ4v) is 5.31. The normalized spacial score (nSPS) is 13.3. The van der Waals surface area contributed by atoms with Gasteiger partial charge in [0.05, 0.1) is 11.5 Å². The van der Waals surface area contributed by atoms with Gasteiger partial charge in [-0.25, -0.2) is 17.7 Å². The largest absolute Gasteiger partial charge is 0.457 e. The molecule has 0 heterocycles. The molecule has 0 saturated heterocycles. The number of carbonyl (C=O) groups is 1. The van der Waals surface area contributed by atoms with Gasteiger partial charge >= 0.3 is 13.2 Å². The van der Waals surface area contributed by atoms with Gasteiger partial charge in [0.25, 0.3) is 0 Å². The van der Waals surface area contributed by atoms with Crippen LogP contribution in [0.3, 0.4) is 0 Å². The van der Waals surface area contributed by atoms with Gasteiger partial charge in [-0.3, -0.25) is 4.79 Å². The lowest BCUT2D eigenvalue weighted by molar-refractivity contribution is 0.202. The van der Waals surface area contributed by atoms with Crippen molar-refractivity contribution in [2.75, 3.05) is 26.2 Å². The fourth-order valence-electron chi connectivity index (χ4n) is 3.18. The number of ether oxygens (including phenoxy) is 1. The monoisotopic (exact) mass is 512 g/mol. The molecule has 11 heteroatoms. The Bertz CT molecular complexity index is 1050. The maximum atomic E-state index is 12.5. The molecule has 0 fully saturated rings. The first-order valence-electron chi connectivity index (χ1n) is 11.3.